The van der Waals surface area contributed by atoms with E-state index < -0.39 is 32.4 Å². The molecular weight excluding hydrogens is 456 g/mol. The molecule has 0 saturated carbocycles. The third kappa shape index (κ3) is 4.20. The molecule has 2 saturated heterocycles. The zero-order valence-electron chi connectivity index (χ0n) is 17.4. The summed E-state index contributed by atoms with van der Waals surface area (Å²) in [6.07, 6.45) is 0.744. The van der Waals surface area contributed by atoms with E-state index >= 15 is 0 Å². The maximum absolute atomic E-state index is 13.0. The van der Waals surface area contributed by atoms with Crippen molar-refractivity contribution >= 4 is 33.4 Å². The Morgan fingerprint density at radius 3 is 2.18 bits per heavy atom. The summed E-state index contributed by atoms with van der Waals surface area (Å²) in [5.74, 6) is -4.64. The van der Waals surface area contributed by atoms with E-state index in [0.29, 0.717) is 18.5 Å². The van der Waals surface area contributed by atoms with E-state index in [1.54, 1.807) is 30.3 Å². The van der Waals surface area contributed by atoms with Crippen LogP contribution in [0.4, 0.5) is 19.3 Å². The highest BCUT2D eigenvalue weighted by atomic mass is 32.2. The number of benzene rings is 2. The van der Waals surface area contributed by atoms with Crippen molar-refractivity contribution in [1.29, 1.82) is 0 Å². The van der Waals surface area contributed by atoms with Gasteiger partial charge in [0.25, 0.3) is 11.8 Å². The number of carbonyl (C=O) groups excluding carboxylic acids is 3. The van der Waals surface area contributed by atoms with Crippen LogP contribution in [0.5, 0.6) is 0 Å². The lowest BCUT2D eigenvalue weighted by Gasteiger charge is -2.36. The molecule has 33 heavy (non-hydrogen) atoms. The Balaban J connectivity index is 1.46. The second-order valence-electron chi connectivity index (χ2n) is 7.80. The number of rotatable bonds is 5. The van der Waals surface area contributed by atoms with Crippen molar-refractivity contribution in [2.45, 2.75) is 29.5 Å². The molecule has 2 heterocycles. The standard InChI is InChI=1S/C22H21F2N3O5S/c23-21(24)33(31,32)18-9-5-4-8-17(18)20(29)25-12-10-15(11-13-25)26-14-19(28)27(22(26)30)16-6-2-1-3-7-16/h1-9,15,21H,10-14H2. The monoisotopic (exact) mass is 477 g/mol. The predicted molar refractivity (Wildman–Crippen MR) is 115 cm³/mol. The van der Waals surface area contributed by atoms with Crippen LogP contribution in [0.3, 0.4) is 0 Å². The summed E-state index contributed by atoms with van der Waals surface area (Å²) < 4.78 is 50.1. The normalized spacial score (nSPS) is 17.8. The zero-order valence-corrected chi connectivity index (χ0v) is 18.2. The number of carbonyl (C=O) groups is 3. The van der Waals surface area contributed by atoms with Crippen LogP contribution in [-0.4, -0.2) is 67.5 Å². The van der Waals surface area contributed by atoms with Crippen LogP contribution in [-0.2, 0) is 14.6 Å². The molecular formula is C22H21F2N3O5S. The molecule has 4 rings (SSSR count). The average molecular weight is 477 g/mol. The molecule has 0 spiro atoms. The molecule has 2 aromatic carbocycles. The van der Waals surface area contributed by atoms with Crippen molar-refractivity contribution in [3.8, 4) is 0 Å². The second kappa shape index (κ2) is 8.89. The minimum absolute atomic E-state index is 0.0677. The molecule has 11 heteroatoms. The molecule has 2 aromatic rings. The highest BCUT2D eigenvalue weighted by Gasteiger charge is 2.42. The maximum Gasteiger partial charge on any atom is 0.341 e. The van der Waals surface area contributed by atoms with Gasteiger partial charge in [-0.1, -0.05) is 30.3 Å². The Kier molecular flexibility index (Phi) is 6.15. The number of amides is 4. The van der Waals surface area contributed by atoms with Crippen molar-refractivity contribution in [3.63, 3.8) is 0 Å². The van der Waals surface area contributed by atoms with E-state index in [1.165, 1.54) is 28.0 Å². The molecule has 0 atom stereocenters. The van der Waals surface area contributed by atoms with Gasteiger partial charge in [0.05, 0.1) is 16.1 Å². The lowest BCUT2D eigenvalue weighted by atomic mass is 10.0. The molecule has 8 nitrogen and oxygen atoms in total. The van der Waals surface area contributed by atoms with Gasteiger partial charge in [0.2, 0.25) is 9.84 Å². The van der Waals surface area contributed by atoms with Gasteiger partial charge in [-0.05, 0) is 37.1 Å². The summed E-state index contributed by atoms with van der Waals surface area (Å²) in [4.78, 5) is 41.6. The molecule has 2 fully saturated rings. The van der Waals surface area contributed by atoms with Gasteiger partial charge < -0.3 is 9.80 Å². The summed E-state index contributed by atoms with van der Waals surface area (Å²) in [5, 5.41) is 0. The molecule has 0 aliphatic carbocycles. The quantitative estimate of drug-likeness (QED) is 0.618. The van der Waals surface area contributed by atoms with Gasteiger partial charge >= 0.3 is 11.8 Å². The van der Waals surface area contributed by atoms with E-state index in [1.807, 2.05) is 0 Å². The number of alkyl halides is 2. The number of likely N-dealkylation sites (tertiary alicyclic amines) is 1. The molecule has 0 N–H and O–H groups in total. The lowest BCUT2D eigenvalue weighted by Crippen LogP contribution is -2.48. The fourth-order valence-corrected chi connectivity index (χ4v) is 5.10. The number of anilines is 1. The molecule has 2 aliphatic rings. The summed E-state index contributed by atoms with van der Waals surface area (Å²) in [6, 6.07) is 12.8. The van der Waals surface area contributed by atoms with Crippen molar-refractivity contribution in [2.75, 3.05) is 24.5 Å². The van der Waals surface area contributed by atoms with E-state index in [-0.39, 0.29) is 37.1 Å². The van der Waals surface area contributed by atoms with Crippen LogP contribution in [0.2, 0.25) is 0 Å². The van der Waals surface area contributed by atoms with Gasteiger partial charge in [0.1, 0.15) is 6.54 Å². The number of imide groups is 1. The Labute approximate surface area is 189 Å². The first-order valence-electron chi connectivity index (χ1n) is 10.3. The van der Waals surface area contributed by atoms with Crippen LogP contribution in [0.1, 0.15) is 23.2 Å². The summed E-state index contributed by atoms with van der Waals surface area (Å²) in [6.45, 7) is 0.313. The molecule has 0 unspecified atom stereocenters. The largest absolute Gasteiger partial charge is 0.341 e. The van der Waals surface area contributed by atoms with E-state index in [4.69, 9.17) is 0 Å². The number of piperidine rings is 1. The smallest absolute Gasteiger partial charge is 0.338 e. The van der Waals surface area contributed by atoms with E-state index in [2.05, 4.69) is 0 Å². The number of para-hydroxylation sites is 1. The van der Waals surface area contributed by atoms with Crippen LogP contribution in [0, 0.1) is 0 Å². The third-order valence-corrected chi connectivity index (χ3v) is 7.30. The Morgan fingerprint density at radius 2 is 1.55 bits per heavy atom. The van der Waals surface area contributed by atoms with Gasteiger partial charge in [-0.25, -0.2) is 18.1 Å². The molecule has 0 aromatic heterocycles. The molecule has 4 amide bonds. The van der Waals surface area contributed by atoms with E-state index in [0.717, 1.165) is 11.0 Å². The summed E-state index contributed by atoms with van der Waals surface area (Å²) in [7, 11) is -4.94. The van der Waals surface area contributed by atoms with Crippen molar-refractivity contribution in [3.05, 3.63) is 60.2 Å². The first-order chi connectivity index (χ1) is 15.7. The fourth-order valence-electron chi connectivity index (χ4n) is 4.17. The molecule has 2 aliphatic heterocycles. The van der Waals surface area contributed by atoms with Gasteiger partial charge in [-0.3, -0.25) is 9.59 Å². The number of nitrogens with zero attached hydrogens (tertiary/aromatic N) is 3. The predicted octanol–water partition coefficient (Wildman–Crippen LogP) is 2.76. The zero-order chi connectivity index (χ0) is 23.8. The number of halogens is 2. The highest BCUT2D eigenvalue weighted by molar-refractivity contribution is 7.91. The Morgan fingerprint density at radius 1 is 0.939 bits per heavy atom. The number of urea groups is 1. The van der Waals surface area contributed by atoms with Gasteiger partial charge in [-0.15, -0.1) is 0 Å². The van der Waals surface area contributed by atoms with Crippen LogP contribution in [0.15, 0.2) is 59.5 Å². The Hall–Kier alpha value is -3.34. The third-order valence-electron chi connectivity index (χ3n) is 5.86. The molecule has 0 radical (unpaired) electrons. The van der Waals surface area contributed by atoms with E-state index in [9.17, 15) is 31.6 Å². The van der Waals surface area contributed by atoms with Crippen LogP contribution < -0.4 is 4.90 Å². The summed E-state index contributed by atoms with van der Waals surface area (Å²) in [5.41, 5.74) is 0.179. The van der Waals surface area contributed by atoms with Crippen molar-refractivity contribution < 1.29 is 31.6 Å². The maximum atomic E-state index is 13.0. The molecule has 174 valence electrons. The lowest BCUT2D eigenvalue weighted by molar-refractivity contribution is -0.116. The fraction of sp³-hybridized carbons (Fsp3) is 0.318. The summed E-state index contributed by atoms with van der Waals surface area (Å²) >= 11 is 0. The van der Waals surface area contributed by atoms with Gasteiger partial charge in [0.15, 0.2) is 0 Å². The number of hydrogen-bond acceptors (Lipinski definition) is 5. The average Bonchev–Trinajstić information content (AvgIpc) is 3.12. The minimum atomic E-state index is -4.94. The second-order valence-corrected chi connectivity index (χ2v) is 9.69. The van der Waals surface area contributed by atoms with Gasteiger partial charge in [0, 0.05) is 19.1 Å². The van der Waals surface area contributed by atoms with Crippen LogP contribution in [0.25, 0.3) is 0 Å². The highest BCUT2D eigenvalue weighted by Crippen LogP contribution is 2.28. The van der Waals surface area contributed by atoms with Crippen molar-refractivity contribution in [1.82, 2.24) is 9.80 Å². The molecule has 0 bridgehead atoms. The van der Waals surface area contributed by atoms with Gasteiger partial charge in [-0.2, -0.15) is 8.78 Å². The van der Waals surface area contributed by atoms with Crippen LogP contribution >= 0.6 is 0 Å². The first-order valence-corrected chi connectivity index (χ1v) is 11.9. The SMILES string of the molecule is O=C(c1ccccc1S(=O)(=O)C(F)F)N1CCC(N2CC(=O)N(c3ccccc3)C2=O)CC1. The Bertz CT molecular complexity index is 1180. The van der Waals surface area contributed by atoms with Crippen molar-refractivity contribution in [2.24, 2.45) is 0 Å². The first kappa shape index (κ1) is 22.8. The minimum Gasteiger partial charge on any atom is -0.338 e. The number of sulfone groups is 1. The number of hydrogen-bond donors (Lipinski definition) is 0. The topological polar surface area (TPSA) is 95.1 Å².